The molecule has 29 heavy (non-hydrogen) atoms. The van der Waals surface area contributed by atoms with E-state index in [1.54, 1.807) is 45.3 Å². The Hall–Kier alpha value is -2.06. The molecule has 7 heteroatoms. The third-order valence-corrected chi connectivity index (χ3v) is 9.22. The number of hydrogen-bond donors (Lipinski definition) is 0. The van der Waals surface area contributed by atoms with Crippen molar-refractivity contribution in [1.29, 1.82) is 0 Å². The van der Waals surface area contributed by atoms with Gasteiger partial charge < -0.3 is 4.42 Å². The largest absolute Gasteiger partial charge is 0.421 e. The van der Waals surface area contributed by atoms with Crippen molar-refractivity contribution >= 4 is 71.5 Å². The Labute approximate surface area is 182 Å². The third kappa shape index (κ3) is 3.04. The summed E-state index contributed by atoms with van der Waals surface area (Å²) < 4.78 is 7.43. The molecule has 0 unspecified atom stereocenters. The molecule has 0 aromatic carbocycles. The number of rotatable bonds is 0. The lowest BCUT2D eigenvalue weighted by Crippen LogP contribution is -1.95. The van der Waals surface area contributed by atoms with Crippen LogP contribution in [-0.4, -0.2) is 5.78 Å². The van der Waals surface area contributed by atoms with E-state index in [9.17, 15) is 9.59 Å². The third-order valence-electron chi connectivity index (χ3n) is 4.71. The van der Waals surface area contributed by atoms with Crippen LogP contribution in [0.25, 0.3) is 30.1 Å². The minimum Gasteiger partial charge on any atom is -0.421 e. The van der Waals surface area contributed by atoms with E-state index in [0.29, 0.717) is 5.39 Å². The van der Waals surface area contributed by atoms with Crippen LogP contribution in [0.4, 0.5) is 0 Å². The lowest BCUT2D eigenvalue weighted by atomic mass is 10.2. The fraction of sp³-hybridized carbons (Fsp3) is 0.182. The van der Waals surface area contributed by atoms with Gasteiger partial charge in [-0.05, 0) is 52.0 Å². The second-order valence-electron chi connectivity index (χ2n) is 7.07. The summed E-state index contributed by atoms with van der Waals surface area (Å²) in [7, 11) is 0. The molecule has 0 fully saturated rings. The fourth-order valence-electron chi connectivity index (χ4n) is 3.56. The molecular formula is C22H16O3S4. The van der Waals surface area contributed by atoms with Crippen LogP contribution in [0, 0.1) is 27.7 Å². The Morgan fingerprint density at radius 1 is 0.655 bits per heavy atom. The van der Waals surface area contributed by atoms with Crippen molar-refractivity contribution in [2.75, 3.05) is 0 Å². The summed E-state index contributed by atoms with van der Waals surface area (Å²) >= 11 is 6.79. The highest BCUT2D eigenvalue weighted by Gasteiger charge is 2.30. The zero-order chi connectivity index (χ0) is 20.4. The topological polar surface area (TPSA) is 47.3 Å². The lowest BCUT2D eigenvalue weighted by molar-refractivity contribution is 0.104. The van der Waals surface area contributed by atoms with Gasteiger partial charge in [-0.25, -0.2) is 4.79 Å². The van der Waals surface area contributed by atoms with E-state index in [0.717, 1.165) is 31.0 Å². The summed E-state index contributed by atoms with van der Waals surface area (Å²) in [4.78, 5) is 30.7. The van der Waals surface area contributed by atoms with Gasteiger partial charge in [0.05, 0.1) is 24.5 Å². The van der Waals surface area contributed by atoms with Crippen LogP contribution in [-0.2, 0) is 0 Å². The molecule has 6 rings (SSSR count). The van der Waals surface area contributed by atoms with E-state index in [2.05, 4.69) is 13.8 Å². The first-order chi connectivity index (χ1) is 13.8. The van der Waals surface area contributed by atoms with Crippen molar-refractivity contribution in [3.8, 4) is 9.75 Å². The molecule has 5 aromatic heterocycles. The number of aryl methyl sites for hydroxylation is 4. The predicted octanol–water partition coefficient (Wildman–Crippen LogP) is 7.32. The molecule has 0 amide bonds. The number of carbonyl (C=O) groups is 1. The van der Waals surface area contributed by atoms with E-state index >= 15 is 0 Å². The first-order valence-electron chi connectivity index (χ1n) is 9.01. The molecule has 146 valence electrons. The monoisotopic (exact) mass is 456 g/mol. The number of carbonyl (C=O) groups excluding carboxylic acids is 1. The quantitative estimate of drug-likeness (QED) is 0.240. The highest BCUT2D eigenvalue weighted by Crippen LogP contribution is 2.46. The average molecular weight is 457 g/mol. The second kappa shape index (κ2) is 6.74. The van der Waals surface area contributed by atoms with Gasteiger partial charge >= 0.3 is 5.63 Å². The van der Waals surface area contributed by atoms with Crippen LogP contribution in [0.15, 0.2) is 33.5 Å². The lowest BCUT2D eigenvalue weighted by Gasteiger charge is -1.89. The Kier molecular flexibility index (Phi) is 4.40. The van der Waals surface area contributed by atoms with Gasteiger partial charge in [-0.3, -0.25) is 4.79 Å². The summed E-state index contributed by atoms with van der Waals surface area (Å²) in [5, 5.41) is 0.715. The molecule has 1 aliphatic carbocycles. The number of thiophene rings is 4. The van der Waals surface area contributed by atoms with Crippen molar-refractivity contribution in [2.45, 2.75) is 27.7 Å². The maximum Gasteiger partial charge on any atom is 0.345 e. The molecule has 0 spiro atoms. The molecule has 5 heterocycles. The minimum atomic E-state index is -0.223. The van der Waals surface area contributed by atoms with Gasteiger partial charge in [0.15, 0.2) is 11.4 Å². The van der Waals surface area contributed by atoms with Gasteiger partial charge in [-0.2, -0.15) is 0 Å². The van der Waals surface area contributed by atoms with E-state index in [1.807, 2.05) is 38.1 Å². The normalized spacial score (nSPS) is 12.3. The van der Waals surface area contributed by atoms with Crippen LogP contribution in [0.2, 0.25) is 0 Å². The predicted molar refractivity (Wildman–Crippen MR) is 126 cm³/mol. The Balaban J connectivity index is 0.000000125. The van der Waals surface area contributed by atoms with Crippen molar-refractivity contribution in [1.82, 2.24) is 0 Å². The van der Waals surface area contributed by atoms with Gasteiger partial charge in [0.25, 0.3) is 0 Å². The molecule has 0 N–H and O–H groups in total. The van der Waals surface area contributed by atoms with Crippen molar-refractivity contribution in [2.24, 2.45) is 0 Å². The van der Waals surface area contributed by atoms with Gasteiger partial charge in [-0.1, -0.05) is 0 Å². The fourth-order valence-corrected chi connectivity index (χ4v) is 7.82. The maximum absolute atomic E-state index is 11.9. The zero-order valence-corrected chi connectivity index (χ0v) is 19.4. The highest BCUT2D eigenvalue weighted by atomic mass is 32.1. The van der Waals surface area contributed by atoms with Crippen molar-refractivity contribution < 1.29 is 9.21 Å². The molecule has 0 atom stereocenters. The van der Waals surface area contributed by atoms with Crippen molar-refractivity contribution in [3.63, 3.8) is 0 Å². The molecule has 5 aromatic rings. The summed E-state index contributed by atoms with van der Waals surface area (Å²) in [5.74, 6) is 0.212. The van der Waals surface area contributed by atoms with E-state index in [1.165, 1.54) is 24.4 Å². The van der Waals surface area contributed by atoms with E-state index in [-0.39, 0.29) is 11.4 Å². The van der Waals surface area contributed by atoms with Gasteiger partial charge in [0.2, 0.25) is 0 Å². The smallest absolute Gasteiger partial charge is 0.345 e. The van der Waals surface area contributed by atoms with Gasteiger partial charge in [0.1, 0.15) is 0 Å². The van der Waals surface area contributed by atoms with E-state index < -0.39 is 0 Å². The molecular weight excluding hydrogens is 441 g/mol. The van der Waals surface area contributed by atoms with E-state index in [4.69, 9.17) is 4.42 Å². The Morgan fingerprint density at radius 2 is 1.17 bits per heavy atom. The highest BCUT2D eigenvalue weighted by molar-refractivity contribution is 7.27. The molecule has 0 saturated carbocycles. The molecule has 0 bridgehead atoms. The molecule has 3 nitrogen and oxygen atoms in total. The minimum absolute atomic E-state index is 0.212. The molecule has 0 aliphatic heterocycles. The van der Waals surface area contributed by atoms with Gasteiger partial charge in [-0.15, -0.1) is 45.3 Å². The van der Waals surface area contributed by atoms with Gasteiger partial charge in [0, 0.05) is 30.6 Å². The SMILES string of the molecule is Cc1cc2c(s1)-c1sc(C)cc1C2=O.Cc1cc2oc(=O)c3cc(C)sc3c2s1. The van der Waals surface area contributed by atoms with Crippen LogP contribution in [0.3, 0.4) is 0 Å². The summed E-state index contributed by atoms with van der Waals surface area (Å²) in [6.45, 7) is 8.14. The van der Waals surface area contributed by atoms with Crippen LogP contribution < -0.4 is 5.63 Å². The maximum atomic E-state index is 11.9. The first kappa shape index (κ1) is 18.9. The summed E-state index contributed by atoms with van der Waals surface area (Å²) in [6.07, 6.45) is 0. The van der Waals surface area contributed by atoms with Crippen LogP contribution in [0.1, 0.15) is 35.4 Å². The Morgan fingerprint density at radius 3 is 1.79 bits per heavy atom. The number of ketones is 1. The second-order valence-corrected chi connectivity index (χ2v) is 12.1. The molecule has 0 radical (unpaired) electrons. The molecule has 0 saturated heterocycles. The number of fused-ring (bicyclic) bond motifs is 6. The summed E-state index contributed by atoms with van der Waals surface area (Å²) in [5.41, 5.74) is 2.32. The summed E-state index contributed by atoms with van der Waals surface area (Å²) in [6, 6.07) is 7.84. The van der Waals surface area contributed by atoms with Crippen molar-refractivity contribution in [3.05, 3.63) is 65.3 Å². The Bertz CT molecular complexity index is 1440. The standard InChI is InChI=1S/C11H8O2S2.C11H8OS2/c1-5-3-7-9(14-5)10-8(13-11(7)12)4-6(2)15-10;1-5-3-7-9(12)8-4-6(2)14-11(8)10(7)13-5/h3-4H,1-2H3;3-4H,1-2H3. The average Bonchev–Trinajstić information content (AvgIpc) is 3.42. The molecule has 1 aliphatic rings. The van der Waals surface area contributed by atoms with Crippen LogP contribution >= 0.6 is 45.3 Å². The van der Waals surface area contributed by atoms with Crippen LogP contribution in [0.5, 0.6) is 0 Å². The first-order valence-corrected chi connectivity index (χ1v) is 12.3. The number of hydrogen-bond acceptors (Lipinski definition) is 7. The zero-order valence-electron chi connectivity index (χ0n) is 16.2.